The largest absolute Gasteiger partial charge is 0.496 e. The summed E-state index contributed by atoms with van der Waals surface area (Å²) < 4.78 is 5.26. The van der Waals surface area contributed by atoms with Crippen molar-refractivity contribution in [2.24, 2.45) is 11.8 Å². The molecule has 0 saturated heterocycles. The van der Waals surface area contributed by atoms with Crippen molar-refractivity contribution in [1.29, 1.82) is 0 Å². The lowest BCUT2D eigenvalue weighted by Gasteiger charge is -2.17. The average Bonchev–Trinajstić information content (AvgIpc) is 2.39. The Hall–Kier alpha value is -1.55. The number of hydrogen-bond donors (Lipinski definition) is 2. The molecule has 0 aliphatic rings. The minimum absolute atomic E-state index is 0.0904. The SMILES string of the molecule is COc1ccccc1CCNC(=O)C(CO)C(C)C. The van der Waals surface area contributed by atoms with Gasteiger partial charge in [-0.15, -0.1) is 0 Å². The van der Waals surface area contributed by atoms with Crippen molar-refractivity contribution < 1.29 is 14.6 Å². The van der Waals surface area contributed by atoms with Crippen LogP contribution in [0.3, 0.4) is 0 Å². The number of amides is 1. The summed E-state index contributed by atoms with van der Waals surface area (Å²) in [6.07, 6.45) is 0.714. The third-order valence-corrected chi connectivity index (χ3v) is 3.22. The highest BCUT2D eigenvalue weighted by Crippen LogP contribution is 2.17. The topological polar surface area (TPSA) is 58.6 Å². The monoisotopic (exact) mass is 265 g/mol. The molecule has 1 rings (SSSR count). The molecule has 0 aliphatic carbocycles. The predicted molar refractivity (Wildman–Crippen MR) is 75.1 cm³/mol. The normalized spacial score (nSPS) is 12.3. The predicted octanol–water partition coefficient (Wildman–Crippen LogP) is 1.62. The van der Waals surface area contributed by atoms with E-state index in [0.717, 1.165) is 11.3 Å². The fraction of sp³-hybridized carbons (Fsp3) is 0.533. The molecule has 1 unspecified atom stereocenters. The second-order valence-electron chi connectivity index (χ2n) is 4.89. The van der Waals surface area contributed by atoms with Gasteiger partial charge in [-0.05, 0) is 24.0 Å². The zero-order valence-corrected chi connectivity index (χ0v) is 11.8. The number of aliphatic hydroxyl groups excluding tert-OH is 1. The molecule has 0 spiro atoms. The highest BCUT2D eigenvalue weighted by molar-refractivity contribution is 5.79. The van der Waals surface area contributed by atoms with Crippen LogP contribution in [-0.4, -0.2) is 31.3 Å². The Morgan fingerprint density at radius 3 is 2.63 bits per heavy atom. The van der Waals surface area contributed by atoms with Crippen LogP contribution in [0, 0.1) is 11.8 Å². The molecule has 19 heavy (non-hydrogen) atoms. The van der Waals surface area contributed by atoms with Gasteiger partial charge in [0.05, 0.1) is 19.6 Å². The number of carbonyl (C=O) groups is 1. The van der Waals surface area contributed by atoms with E-state index in [9.17, 15) is 9.90 Å². The van der Waals surface area contributed by atoms with Crippen LogP contribution in [0.4, 0.5) is 0 Å². The smallest absolute Gasteiger partial charge is 0.225 e. The van der Waals surface area contributed by atoms with E-state index in [4.69, 9.17) is 4.74 Å². The number of para-hydroxylation sites is 1. The summed E-state index contributed by atoms with van der Waals surface area (Å²) in [5.41, 5.74) is 1.07. The maximum absolute atomic E-state index is 11.9. The maximum Gasteiger partial charge on any atom is 0.225 e. The highest BCUT2D eigenvalue weighted by Gasteiger charge is 2.20. The molecule has 0 saturated carbocycles. The van der Waals surface area contributed by atoms with Gasteiger partial charge < -0.3 is 15.2 Å². The maximum atomic E-state index is 11.9. The Labute approximate surface area is 114 Å². The van der Waals surface area contributed by atoms with Crippen LogP contribution in [-0.2, 0) is 11.2 Å². The molecule has 1 aromatic carbocycles. The fourth-order valence-corrected chi connectivity index (χ4v) is 1.96. The minimum Gasteiger partial charge on any atom is -0.496 e. The molecule has 1 amide bonds. The van der Waals surface area contributed by atoms with E-state index in [2.05, 4.69) is 5.32 Å². The molecule has 106 valence electrons. The Morgan fingerprint density at radius 1 is 1.37 bits per heavy atom. The molecule has 0 radical (unpaired) electrons. The van der Waals surface area contributed by atoms with Crippen molar-refractivity contribution in [2.75, 3.05) is 20.3 Å². The van der Waals surface area contributed by atoms with Crippen molar-refractivity contribution in [3.63, 3.8) is 0 Å². The van der Waals surface area contributed by atoms with Crippen molar-refractivity contribution in [2.45, 2.75) is 20.3 Å². The van der Waals surface area contributed by atoms with Crippen molar-refractivity contribution in [3.05, 3.63) is 29.8 Å². The first-order valence-corrected chi connectivity index (χ1v) is 6.60. The van der Waals surface area contributed by atoms with Crippen LogP contribution >= 0.6 is 0 Å². The molecule has 1 aromatic rings. The number of methoxy groups -OCH3 is 1. The lowest BCUT2D eigenvalue weighted by Crippen LogP contribution is -2.36. The second kappa shape index (κ2) is 7.79. The lowest BCUT2D eigenvalue weighted by molar-refractivity contribution is -0.127. The number of rotatable bonds is 7. The van der Waals surface area contributed by atoms with Gasteiger partial charge in [0.1, 0.15) is 5.75 Å². The number of carbonyl (C=O) groups excluding carboxylic acids is 1. The summed E-state index contributed by atoms with van der Waals surface area (Å²) >= 11 is 0. The Morgan fingerprint density at radius 2 is 2.05 bits per heavy atom. The molecule has 0 aliphatic heterocycles. The summed E-state index contributed by atoms with van der Waals surface area (Å²) in [7, 11) is 1.64. The number of benzene rings is 1. The van der Waals surface area contributed by atoms with E-state index in [1.807, 2.05) is 38.1 Å². The first-order valence-electron chi connectivity index (χ1n) is 6.60. The zero-order valence-electron chi connectivity index (χ0n) is 11.8. The molecule has 4 heteroatoms. The number of nitrogens with one attached hydrogen (secondary N) is 1. The van der Waals surface area contributed by atoms with Gasteiger partial charge in [-0.3, -0.25) is 4.79 Å². The Kier molecular flexibility index (Phi) is 6.36. The van der Waals surface area contributed by atoms with Crippen LogP contribution in [0.5, 0.6) is 5.75 Å². The lowest BCUT2D eigenvalue weighted by atomic mass is 9.96. The molecule has 1 atom stereocenters. The minimum atomic E-state index is -0.335. The van der Waals surface area contributed by atoms with Gasteiger partial charge in [-0.25, -0.2) is 0 Å². The third kappa shape index (κ3) is 4.56. The molecule has 0 aromatic heterocycles. The molecule has 0 fully saturated rings. The molecule has 2 N–H and O–H groups in total. The van der Waals surface area contributed by atoms with Crippen molar-refractivity contribution in [3.8, 4) is 5.75 Å². The number of hydrogen-bond acceptors (Lipinski definition) is 3. The van der Waals surface area contributed by atoms with Gasteiger partial charge in [0.2, 0.25) is 5.91 Å². The average molecular weight is 265 g/mol. The van der Waals surface area contributed by atoms with Crippen molar-refractivity contribution in [1.82, 2.24) is 5.32 Å². The van der Waals surface area contributed by atoms with E-state index in [-0.39, 0.29) is 24.3 Å². The summed E-state index contributed by atoms with van der Waals surface area (Å²) in [4.78, 5) is 11.9. The van der Waals surface area contributed by atoms with Gasteiger partial charge in [-0.2, -0.15) is 0 Å². The summed E-state index contributed by atoms with van der Waals surface area (Å²) in [5, 5.41) is 12.0. The first-order chi connectivity index (χ1) is 9.10. The standard InChI is InChI=1S/C15H23NO3/c1-11(2)13(10-17)15(18)16-9-8-12-6-4-5-7-14(12)19-3/h4-7,11,13,17H,8-10H2,1-3H3,(H,16,18). The van der Waals surface area contributed by atoms with Gasteiger partial charge in [0, 0.05) is 6.54 Å². The van der Waals surface area contributed by atoms with Gasteiger partial charge in [0.15, 0.2) is 0 Å². The van der Waals surface area contributed by atoms with Crippen LogP contribution in [0.2, 0.25) is 0 Å². The Bertz CT molecular complexity index is 404. The van der Waals surface area contributed by atoms with Gasteiger partial charge in [-0.1, -0.05) is 32.0 Å². The molecular weight excluding hydrogens is 242 g/mol. The van der Waals surface area contributed by atoms with E-state index < -0.39 is 0 Å². The number of ether oxygens (including phenoxy) is 1. The molecule has 0 heterocycles. The fourth-order valence-electron chi connectivity index (χ4n) is 1.96. The van der Waals surface area contributed by atoms with E-state index in [0.29, 0.717) is 13.0 Å². The highest BCUT2D eigenvalue weighted by atomic mass is 16.5. The van der Waals surface area contributed by atoms with Gasteiger partial charge >= 0.3 is 0 Å². The summed E-state index contributed by atoms with van der Waals surface area (Å²) in [6, 6.07) is 7.75. The molecule has 4 nitrogen and oxygen atoms in total. The van der Waals surface area contributed by atoms with E-state index in [1.54, 1.807) is 7.11 Å². The Balaban J connectivity index is 2.48. The van der Waals surface area contributed by atoms with E-state index >= 15 is 0 Å². The van der Waals surface area contributed by atoms with Crippen LogP contribution in [0.25, 0.3) is 0 Å². The molecule has 0 bridgehead atoms. The second-order valence-corrected chi connectivity index (χ2v) is 4.89. The third-order valence-electron chi connectivity index (χ3n) is 3.22. The van der Waals surface area contributed by atoms with Crippen LogP contribution in [0.1, 0.15) is 19.4 Å². The van der Waals surface area contributed by atoms with Crippen molar-refractivity contribution >= 4 is 5.91 Å². The van der Waals surface area contributed by atoms with E-state index in [1.165, 1.54) is 0 Å². The van der Waals surface area contributed by atoms with Crippen LogP contribution in [0.15, 0.2) is 24.3 Å². The quantitative estimate of drug-likeness (QED) is 0.787. The zero-order chi connectivity index (χ0) is 14.3. The molecular formula is C15H23NO3. The van der Waals surface area contributed by atoms with Gasteiger partial charge in [0.25, 0.3) is 0 Å². The summed E-state index contributed by atoms with van der Waals surface area (Å²) in [5.74, 6) is 0.542. The summed E-state index contributed by atoms with van der Waals surface area (Å²) in [6.45, 7) is 4.29. The first kappa shape index (κ1) is 15.5. The van der Waals surface area contributed by atoms with Crippen LogP contribution < -0.4 is 10.1 Å². The number of aliphatic hydroxyl groups is 1.